The van der Waals surface area contributed by atoms with Gasteiger partial charge < -0.3 is 5.73 Å². The zero-order valence-electron chi connectivity index (χ0n) is 5.79. The van der Waals surface area contributed by atoms with Crippen LogP contribution in [0, 0.1) is 0 Å². The van der Waals surface area contributed by atoms with Crippen molar-refractivity contribution < 1.29 is 4.79 Å². The summed E-state index contributed by atoms with van der Waals surface area (Å²) in [5.74, 6) is -0.458. The highest BCUT2D eigenvalue weighted by atomic mass is 35.5. The van der Waals surface area contributed by atoms with Crippen molar-refractivity contribution in [3.05, 3.63) is 22.4 Å². The summed E-state index contributed by atoms with van der Waals surface area (Å²) in [6.45, 7) is 0. The van der Waals surface area contributed by atoms with E-state index in [-0.39, 0.29) is 0 Å². The van der Waals surface area contributed by atoms with E-state index in [2.05, 4.69) is 0 Å². The number of alkyl halides is 1. The average molecular weight is 190 g/mol. The molecule has 0 saturated carbocycles. The molecular formula is C7H8ClNOS. The molecule has 0 aliphatic carbocycles. The second-order valence-electron chi connectivity index (χ2n) is 2.15. The summed E-state index contributed by atoms with van der Waals surface area (Å²) >= 11 is 7.22. The van der Waals surface area contributed by atoms with Gasteiger partial charge >= 0.3 is 0 Å². The molecule has 1 amide bonds. The van der Waals surface area contributed by atoms with Crippen molar-refractivity contribution >= 4 is 28.8 Å². The third kappa shape index (κ3) is 2.52. The van der Waals surface area contributed by atoms with Crippen molar-refractivity contribution in [2.24, 2.45) is 5.73 Å². The molecule has 2 nitrogen and oxygen atoms in total. The van der Waals surface area contributed by atoms with Crippen LogP contribution in [0.3, 0.4) is 0 Å². The van der Waals surface area contributed by atoms with Gasteiger partial charge in [-0.2, -0.15) is 0 Å². The SMILES string of the molecule is NC(=O)C(Cl)Cc1cccs1. The van der Waals surface area contributed by atoms with Crippen LogP contribution in [0.2, 0.25) is 0 Å². The molecule has 1 unspecified atom stereocenters. The molecule has 11 heavy (non-hydrogen) atoms. The van der Waals surface area contributed by atoms with Gasteiger partial charge in [-0.25, -0.2) is 0 Å². The molecule has 4 heteroatoms. The molecule has 1 rings (SSSR count). The predicted octanol–water partition coefficient (Wildman–Crippen LogP) is 1.38. The van der Waals surface area contributed by atoms with E-state index in [0.717, 1.165) is 4.88 Å². The lowest BCUT2D eigenvalue weighted by Crippen LogP contribution is -2.25. The highest BCUT2D eigenvalue weighted by Crippen LogP contribution is 2.13. The van der Waals surface area contributed by atoms with E-state index in [1.165, 1.54) is 0 Å². The number of halogens is 1. The first kappa shape index (κ1) is 8.56. The number of hydrogen-bond acceptors (Lipinski definition) is 2. The Hall–Kier alpha value is -0.540. The minimum Gasteiger partial charge on any atom is -0.368 e. The zero-order valence-corrected chi connectivity index (χ0v) is 7.36. The second kappa shape index (κ2) is 3.74. The smallest absolute Gasteiger partial charge is 0.235 e. The van der Waals surface area contributed by atoms with Gasteiger partial charge in [-0.15, -0.1) is 22.9 Å². The Balaban J connectivity index is 2.50. The van der Waals surface area contributed by atoms with Crippen LogP contribution in [0.15, 0.2) is 17.5 Å². The van der Waals surface area contributed by atoms with Gasteiger partial charge in [-0.05, 0) is 11.4 Å². The zero-order chi connectivity index (χ0) is 8.27. The van der Waals surface area contributed by atoms with E-state index in [9.17, 15) is 4.79 Å². The molecule has 0 radical (unpaired) electrons. The van der Waals surface area contributed by atoms with Crippen LogP contribution in [0.4, 0.5) is 0 Å². The van der Waals surface area contributed by atoms with E-state index >= 15 is 0 Å². The molecule has 0 fully saturated rings. The van der Waals surface area contributed by atoms with E-state index in [4.69, 9.17) is 17.3 Å². The summed E-state index contributed by atoms with van der Waals surface area (Å²) in [5.41, 5.74) is 4.99. The highest BCUT2D eigenvalue weighted by Gasteiger charge is 2.11. The number of carbonyl (C=O) groups excluding carboxylic acids is 1. The van der Waals surface area contributed by atoms with Gasteiger partial charge in [0.15, 0.2) is 0 Å². The Morgan fingerprint density at radius 3 is 3.00 bits per heavy atom. The van der Waals surface area contributed by atoms with Crippen LogP contribution in [0.25, 0.3) is 0 Å². The summed E-state index contributed by atoms with van der Waals surface area (Å²) in [7, 11) is 0. The molecule has 1 aromatic rings. The van der Waals surface area contributed by atoms with Crippen molar-refractivity contribution in [1.29, 1.82) is 0 Å². The second-order valence-corrected chi connectivity index (χ2v) is 3.71. The van der Waals surface area contributed by atoms with E-state index < -0.39 is 11.3 Å². The molecule has 0 aliphatic heterocycles. The first-order chi connectivity index (χ1) is 5.20. The maximum atomic E-state index is 10.5. The molecule has 1 aromatic heterocycles. The molecular weight excluding hydrogens is 182 g/mol. The first-order valence-corrected chi connectivity index (χ1v) is 4.47. The van der Waals surface area contributed by atoms with Crippen molar-refractivity contribution in [1.82, 2.24) is 0 Å². The lowest BCUT2D eigenvalue weighted by atomic mass is 10.2. The third-order valence-electron chi connectivity index (χ3n) is 1.27. The minimum absolute atomic E-state index is 0.458. The molecule has 0 spiro atoms. The molecule has 1 atom stereocenters. The fraction of sp³-hybridized carbons (Fsp3) is 0.286. The Labute approximate surface area is 74.0 Å². The van der Waals surface area contributed by atoms with Crippen LogP contribution in [0.1, 0.15) is 4.88 Å². The largest absolute Gasteiger partial charge is 0.368 e. The van der Waals surface area contributed by atoms with Gasteiger partial charge in [0.1, 0.15) is 5.38 Å². The summed E-state index contributed by atoms with van der Waals surface area (Å²) in [6, 6.07) is 3.85. The molecule has 0 saturated heterocycles. The van der Waals surface area contributed by atoms with Crippen molar-refractivity contribution in [2.75, 3.05) is 0 Å². The van der Waals surface area contributed by atoms with Crippen LogP contribution in [0.5, 0.6) is 0 Å². The summed E-state index contributed by atoms with van der Waals surface area (Å²) in [6.07, 6.45) is 0.536. The average Bonchev–Trinajstić information content (AvgIpc) is 2.39. The number of amides is 1. The van der Waals surface area contributed by atoms with Gasteiger partial charge in [-0.3, -0.25) is 4.79 Å². The standard InChI is InChI=1S/C7H8ClNOS/c8-6(7(9)10)4-5-2-1-3-11-5/h1-3,6H,4H2,(H2,9,10). The molecule has 2 N–H and O–H groups in total. The van der Waals surface area contributed by atoms with Gasteiger partial charge in [-0.1, -0.05) is 6.07 Å². The van der Waals surface area contributed by atoms with Gasteiger partial charge in [0.2, 0.25) is 5.91 Å². The van der Waals surface area contributed by atoms with E-state index in [1.807, 2.05) is 17.5 Å². The van der Waals surface area contributed by atoms with Crippen LogP contribution >= 0.6 is 22.9 Å². The number of nitrogens with two attached hydrogens (primary N) is 1. The lowest BCUT2D eigenvalue weighted by Gasteiger charge is -2.00. The Bertz CT molecular complexity index is 235. The monoisotopic (exact) mass is 189 g/mol. The maximum Gasteiger partial charge on any atom is 0.235 e. The van der Waals surface area contributed by atoms with E-state index in [0.29, 0.717) is 6.42 Å². The molecule has 0 aliphatic rings. The molecule has 0 bridgehead atoms. The minimum atomic E-state index is -0.575. The quantitative estimate of drug-likeness (QED) is 0.718. The molecule has 0 aromatic carbocycles. The first-order valence-electron chi connectivity index (χ1n) is 3.16. The highest BCUT2D eigenvalue weighted by molar-refractivity contribution is 7.09. The summed E-state index contributed by atoms with van der Waals surface area (Å²) < 4.78 is 0. The van der Waals surface area contributed by atoms with Crippen molar-refractivity contribution in [2.45, 2.75) is 11.8 Å². The Morgan fingerprint density at radius 2 is 2.55 bits per heavy atom. The number of hydrogen-bond donors (Lipinski definition) is 1. The lowest BCUT2D eigenvalue weighted by molar-refractivity contribution is -0.117. The summed E-state index contributed by atoms with van der Waals surface area (Å²) in [5, 5.41) is 1.37. The Kier molecular flexibility index (Phi) is 2.91. The molecule has 1 heterocycles. The topological polar surface area (TPSA) is 43.1 Å². The Morgan fingerprint density at radius 1 is 1.82 bits per heavy atom. The fourth-order valence-corrected chi connectivity index (χ4v) is 1.72. The fourth-order valence-electron chi connectivity index (χ4n) is 0.706. The third-order valence-corrected chi connectivity index (χ3v) is 2.54. The van der Waals surface area contributed by atoms with Gasteiger partial charge in [0.05, 0.1) is 0 Å². The van der Waals surface area contributed by atoms with Crippen LogP contribution < -0.4 is 5.73 Å². The van der Waals surface area contributed by atoms with Gasteiger partial charge in [0.25, 0.3) is 0 Å². The maximum absolute atomic E-state index is 10.5. The van der Waals surface area contributed by atoms with Crippen LogP contribution in [-0.2, 0) is 11.2 Å². The number of rotatable bonds is 3. The van der Waals surface area contributed by atoms with Crippen molar-refractivity contribution in [3.63, 3.8) is 0 Å². The van der Waals surface area contributed by atoms with Crippen LogP contribution in [-0.4, -0.2) is 11.3 Å². The number of carbonyl (C=O) groups is 1. The summed E-state index contributed by atoms with van der Waals surface area (Å²) in [4.78, 5) is 11.6. The van der Waals surface area contributed by atoms with Crippen molar-refractivity contribution in [3.8, 4) is 0 Å². The van der Waals surface area contributed by atoms with Gasteiger partial charge in [0, 0.05) is 11.3 Å². The van der Waals surface area contributed by atoms with E-state index in [1.54, 1.807) is 11.3 Å². The predicted molar refractivity (Wildman–Crippen MR) is 46.9 cm³/mol. The molecule has 60 valence electrons. The number of thiophene rings is 1. The normalized spacial score (nSPS) is 12.8. The number of primary amides is 1.